The number of carbonyl (C=O) groups excluding carboxylic acids is 2. The molecule has 2 aliphatic heterocycles. The van der Waals surface area contributed by atoms with E-state index in [1.54, 1.807) is 21.0 Å². The Hall–Kier alpha value is -1.18. The van der Waals surface area contributed by atoms with Crippen LogP contribution >= 0.6 is 0 Å². The first-order valence-electron chi connectivity index (χ1n) is 7.43. The van der Waals surface area contributed by atoms with Gasteiger partial charge in [0.05, 0.1) is 6.10 Å². The molecule has 4 atom stereocenters. The fourth-order valence-corrected chi connectivity index (χ4v) is 3.22. The number of amides is 2. The molecule has 2 aliphatic rings. The number of hydrogen-bond acceptors (Lipinski definition) is 5. The molecule has 0 aromatic rings. The van der Waals surface area contributed by atoms with Crippen LogP contribution in [0.15, 0.2) is 0 Å². The average molecular weight is 298 g/mol. The van der Waals surface area contributed by atoms with Crippen LogP contribution in [0.25, 0.3) is 0 Å². The molecule has 2 unspecified atom stereocenters. The standard InChI is InChI=1S/C14H26N4O3/c1-9(19)11(12(20)17(2)3)15-7-10-5-6-14(18(10)4)8-16-13(14)21/h9-11,15,19H,5-8H2,1-4H3,(H,16,21)/t9-,10?,11+,14?/m1/s1. The maximum Gasteiger partial charge on any atom is 0.242 e. The molecule has 7 heteroatoms. The lowest BCUT2D eigenvalue weighted by Crippen LogP contribution is -2.71. The van der Waals surface area contributed by atoms with Crippen molar-refractivity contribution in [2.75, 3.05) is 34.2 Å². The molecule has 0 saturated carbocycles. The summed E-state index contributed by atoms with van der Waals surface area (Å²) in [5.41, 5.74) is -0.349. The summed E-state index contributed by atoms with van der Waals surface area (Å²) in [5, 5.41) is 15.8. The van der Waals surface area contributed by atoms with Gasteiger partial charge in [0, 0.05) is 33.2 Å². The van der Waals surface area contributed by atoms with Gasteiger partial charge < -0.3 is 20.6 Å². The van der Waals surface area contributed by atoms with Gasteiger partial charge in [0.1, 0.15) is 11.6 Å². The fourth-order valence-electron chi connectivity index (χ4n) is 3.22. The summed E-state index contributed by atoms with van der Waals surface area (Å²) in [7, 11) is 5.31. The number of carbonyl (C=O) groups is 2. The molecule has 0 bridgehead atoms. The summed E-state index contributed by atoms with van der Waals surface area (Å²) in [6.07, 6.45) is 1.01. The Balaban J connectivity index is 1.93. The maximum absolute atomic E-state index is 12.0. The van der Waals surface area contributed by atoms with Crippen molar-refractivity contribution < 1.29 is 14.7 Å². The third-order valence-corrected chi connectivity index (χ3v) is 4.84. The highest BCUT2D eigenvalue weighted by Crippen LogP contribution is 2.36. The normalized spacial score (nSPS) is 31.7. The molecule has 2 rings (SSSR count). The van der Waals surface area contributed by atoms with Crippen LogP contribution in [-0.4, -0.2) is 84.7 Å². The molecule has 21 heavy (non-hydrogen) atoms. The summed E-state index contributed by atoms with van der Waals surface area (Å²) in [4.78, 5) is 27.4. The van der Waals surface area contributed by atoms with Crippen LogP contribution in [-0.2, 0) is 9.59 Å². The van der Waals surface area contributed by atoms with Crippen molar-refractivity contribution in [1.29, 1.82) is 0 Å². The summed E-state index contributed by atoms with van der Waals surface area (Å²) in [5.74, 6) is -0.0364. The zero-order chi connectivity index (χ0) is 15.8. The third-order valence-electron chi connectivity index (χ3n) is 4.84. The van der Waals surface area contributed by atoms with E-state index in [1.165, 1.54) is 4.90 Å². The Morgan fingerprint density at radius 1 is 1.62 bits per heavy atom. The number of β-lactam (4-membered cyclic amide) rings is 1. The summed E-state index contributed by atoms with van der Waals surface area (Å²) in [6, 6.07) is -0.410. The second-order valence-corrected chi connectivity index (χ2v) is 6.38. The Morgan fingerprint density at radius 3 is 2.67 bits per heavy atom. The minimum atomic E-state index is -0.757. The van der Waals surface area contributed by atoms with Crippen molar-refractivity contribution in [1.82, 2.24) is 20.4 Å². The predicted molar refractivity (Wildman–Crippen MR) is 78.7 cm³/mol. The van der Waals surface area contributed by atoms with Gasteiger partial charge in [-0.2, -0.15) is 0 Å². The Labute approximate surface area is 125 Å². The molecular formula is C14H26N4O3. The van der Waals surface area contributed by atoms with Crippen LogP contribution in [0.4, 0.5) is 0 Å². The van der Waals surface area contributed by atoms with Gasteiger partial charge in [0.25, 0.3) is 0 Å². The predicted octanol–water partition coefficient (Wildman–Crippen LogP) is -1.62. The van der Waals surface area contributed by atoms with Gasteiger partial charge in [-0.25, -0.2) is 0 Å². The fraction of sp³-hybridized carbons (Fsp3) is 0.857. The molecule has 0 aromatic carbocycles. The Kier molecular flexibility index (Phi) is 4.55. The zero-order valence-electron chi connectivity index (χ0n) is 13.2. The van der Waals surface area contributed by atoms with Crippen LogP contribution in [0.3, 0.4) is 0 Å². The lowest BCUT2D eigenvalue weighted by Gasteiger charge is -2.44. The number of nitrogens with one attached hydrogen (secondary N) is 2. The van der Waals surface area contributed by atoms with Gasteiger partial charge in [-0.05, 0) is 26.8 Å². The first-order valence-corrected chi connectivity index (χ1v) is 7.43. The number of rotatable bonds is 5. The van der Waals surface area contributed by atoms with Gasteiger partial charge >= 0.3 is 0 Å². The van der Waals surface area contributed by atoms with E-state index in [4.69, 9.17) is 0 Å². The number of likely N-dealkylation sites (tertiary alicyclic amines) is 1. The minimum absolute atomic E-state index is 0.101. The van der Waals surface area contributed by atoms with Crippen LogP contribution in [0.1, 0.15) is 19.8 Å². The lowest BCUT2D eigenvalue weighted by atomic mass is 9.89. The summed E-state index contributed by atoms with van der Waals surface area (Å²) >= 11 is 0. The number of aliphatic hydroxyl groups excluding tert-OH is 1. The van der Waals surface area contributed by atoms with Crippen molar-refractivity contribution in [3.63, 3.8) is 0 Å². The monoisotopic (exact) mass is 298 g/mol. The molecule has 0 radical (unpaired) electrons. The first-order chi connectivity index (χ1) is 9.79. The highest BCUT2D eigenvalue weighted by atomic mass is 16.3. The van der Waals surface area contributed by atoms with Crippen LogP contribution < -0.4 is 10.6 Å². The van der Waals surface area contributed by atoms with Crippen molar-refractivity contribution in [2.24, 2.45) is 0 Å². The van der Waals surface area contributed by atoms with E-state index in [0.29, 0.717) is 13.1 Å². The van der Waals surface area contributed by atoms with Crippen LogP contribution in [0.5, 0.6) is 0 Å². The Morgan fingerprint density at radius 2 is 2.29 bits per heavy atom. The van der Waals surface area contributed by atoms with Gasteiger partial charge in [0.2, 0.25) is 11.8 Å². The van der Waals surface area contributed by atoms with E-state index >= 15 is 0 Å². The smallest absolute Gasteiger partial charge is 0.242 e. The molecule has 0 aromatic heterocycles. The van der Waals surface area contributed by atoms with E-state index in [9.17, 15) is 14.7 Å². The summed E-state index contributed by atoms with van der Waals surface area (Å²) in [6.45, 7) is 2.90. The van der Waals surface area contributed by atoms with E-state index in [1.807, 2.05) is 7.05 Å². The molecular weight excluding hydrogens is 272 g/mol. The van der Waals surface area contributed by atoms with Gasteiger partial charge in [0.15, 0.2) is 0 Å². The highest BCUT2D eigenvalue weighted by molar-refractivity contribution is 5.93. The molecule has 2 saturated heterocycles. The number of likely N-dealkylation sites (N-methyl/N-ethyl adjacent to an activating group) is 2. The summed E-state index contributed by atoms with van der Waals surface area (Å²) < 4.78 is 0. The average Bonchev–Trinajstić information content (AvgIpc) is 2.76. The molecule has 2 fully saturated rings. The SMILES string of the molecule is C[C@@H](O)[C@H](NCC1CCC2(CNC2=O)N1C)C(=O)N(C)C. The first kappa shape index (κ1) is 16.2. The zero-order valence-corrected chi connectivity index (χ0v) is 13.2. The number of hydrogen-bond donors (Lipinski definition) is 3. The molecule has 2 amide bonds. The quantitative estimate of drug-likeness (QED) is 0.531. The second kappa shape index (κ2) is 5.90. The molecule has 2 heterocycles. The van der Waals surface area contributed by atoms with Crippen LogP contribution in [0.2, 0.25) is 0 Å². The van der Waals surface area contributed by atoms with Gasteiger partial charge in [-0.1, -0.05) is 0 Å². The van der Waals surface area contributed by atoms with Crippen molar-refractivity contribution in [2.45, 2.75) is 43.5 Å². The van der Waals surface area contributed by atoms with Gasteiger partial charge in [-0.3, -0.25) is 14.5 Å². The van der Waals surface area contributed by atoms with E-state index < -0.39 is 12.1 Å². The van der Waals surface area contributed by atoms with Gasteiger partial charge in [-0.15, -0.1) is 0 Å². The molecule has 1 spiro atoms. The third kappa shape index (κ3) is 2.77. The van der Waals surface area contributed by atoms with E-state index in [2.05, 4.69) is 15.5 Å². The van der Waals surface area contributed by atoms with Crippen LogP contribution in [0, 0.1) is 0 Å². The number of nitrogens with zero attached hydrogens (tertiary/aromatic N) is 2. The van der Waals surface area contributed by atoms with E-state index in [-0.39, 0.29) is 23.4 Å². The molecule has 7 nitrogen and oxygen atoms in total. The van der Waals surface area contributed by atoms with Crippen molar-refractivity contribution >= 4 is 11.8 Å². The minimum Gasteiger partial charge on any atom is -0.391 e. The molecule has 0 aliphatic carbocycles. The highest BCUT2D eigenvalue weighted by Gasteiger charge is 2.55. The maximum atomic E-state index is 12.0. The molecule has 3 N–H and O–H groups in total. The topological polar surface area (TPSA) is 84.9 Å². The Bertz CT molecular complexity index is 426. The van der Waals surface area contributed by atoms with E-state index in [0.717, 1.165) is 12.8 Å². The van der Waals surface area contributed by atoms with Crippen molar-refractivity contribution in [3.05, 3.63) is 0 Å². The second-order valence-electron chi connectivity index (χ2n) is 6.38. The lowest BCUT2D eigenvalue weighted by molar-refractivity contribution is -0.141. The largest absolute Gasteiger partial charge is 0.391 e. The van der Waals surface area contributed by atoms with Crippen molar-refractivity contribution in [3.8, 4) is 0 Å². The molecule has 120 valence electrons. The number of aliphatic hydroxyl groups is 1.